The molecule has 4 aromatic rings. The van der Waals surface area contributed by atoms with E-state index >= 15 is 0 Å². The lowest BCUT2D eigenvalue weighted by molar-refractivity contribution is 0.0627. The van der Waals surface area contributed by atoms with Crippen molar-refractivity contribution < 1.29 is 29.3 Å². The van der Waals surface area contributed by atoms with Crippen LogP contribution in [-0.4, -0.2) is 64.3 Å². The minimum Gasteiger partial charge on any atom is -0.508 e. The Morgan fingerprint density at radius 3 is 2.24 bits per heavy atom. The number of phenolic OH excluding ortho intramolecular Hbond substituents is 3. The van der Waals surface area contributed by atoms with Crippen LogP contribution in [-0.2, 0) is 6.54 Å². The summed E-state index contributed by atoms with van der Waals surface area (Å²) in [6, 6.07) is 15.6. The lowest BCUT2D eigenvalue weighted by Crippen LogP contribution is -2.48. The molecule has 0 atom stereocenters. The number of fused-ring (bicyclic) bond motifs is 1. The first-order valence-electron chi connectivity index (χ1n) is 11.8. The first kappa shape index (κ1) is 24.2. The largest absolute Gasteiger partial charge is 0.508 e. The summed E-state index contributed by atoms with van der Waals surface area (Å²) in [4.78, 5) is 29.6. The second-order valence-corrected chi connectivity index (χ2v) is 8.92. The Bertz CT molecular complexity index is 1500. The Morgan fingerprint density at radius 1 is 0.919 bits per heavy atom. The van der Waals surface area contributed by atoms with Gasteiger partial charge in [0.25, 0.3) is 5.91 Å². The molecule has 0 spiro atoms. The van der Waals surface area contributed by atoms with E-state index in [-0.39, 0.29) is 46.4 Å². The molecule has 1 amide bonds. The van der Waals surface area contributed by atoms with E-state index in [1.165, 1.54) is 18.2 Å². The molecule has 0 aliphatic carbocycles. The highest BCUT2D eigenvalue weighted by Gasteiger charge is 2.25. The van der Waals surface area contributed by atoms with E-state index in [2.05, 4.69) is 4.90 Å². The highest BCUT2D eigenvalue weighted by molar-refractivity contribution is 5.94. The van der Waals surface area contributed by atoms with Gasteiger partial charge in [-0.05, 0) is 48.5 Å². The molecule has 37 heavy (non-hydrogen) atoms. The molecule has 1 aliphatic heterocycles. The van der Waals surface area contributed by atoms with E-state index in [4.69, 9.17) is 9.15 Å². The van der Waals surface area contributed by atoms with Crippen molar-refractivity contribution in [2.24, 2.45) is 0 Å². The van der Waals surface area contributed by atoms with Crippen LogP contribution in [0.25, 0.3) is 22.3 Å². The van der Waals surface area contributed by atoms with E-state index in [1.54, 1.807) is 48.4 Å². The molecule has 1 aromatic heterocycles. The van der Waals surface area contributed by atoms with Crippen molar-refractivity contribution in [3.05, 3.63) is 82.0 Å². The van der Waals surface area contributed by atoms with E-state index in [0.29, 0.717) is 48.6 Å². The first-order valence-corrected chi connectivity index (χ1v) is 11.8. The topological polar surface area (TPSA) is 124 Å². The van der Waals surface area contributed by atoms with Gasteiger partial charge >= 0.3 is 0 Å². The highest BCUT2D eigenvalue weighted by atomic mass is 16.5. The lowest BCUT2D eigenvalue weighted by atomic mass is 10.1. The van der Waals surface area contributed by atoms with E-state index < -0.39 is 5.43 Å². The smallest absolute Gasteiger partial charge is 0.253 e. The SMILES string of the molecule is COc1ccc(C(=O)N2CCN(Cc3c(O)cc(O)c4c(=O)cc(-c5ccc(O)cc5)oc34)CC2)cc1. The molecule has 5 rings (SSSR count). The maximum atomic E-state index is 12.9. The van der Waals surface area contributed by atoms with Crippen molar-refractivity contribution in [3.8, 4) is 34.3 Å². The van der Waals surface area contributed by atoms with Gasteiger partial charge in [0, 0.05) is 56.0 Å². The molecule has 1 saturated heterocycles. The number of ether oxygens (including phenoxy) is 1. The standard InChI is InChI=1S/C28H26N2O7/c1-36-20-8-4-18(5-9-20)28(35)30-12-10-29(11-13-30)16-21-22(32)14-23(33)26-24(34)15-25(37-27(21)26)17-2-6-19(31)7-3-17/h2-9,14-15,31-33H,10-13,16H2,1H3. The maximum absolute atomic E-state index is 12.9. The Kier molecular flexibility index (Phi) is 6.45. The number of methoxy groups -OCH3 is 1. The molecular formula is C28H26N2O7. The third kappa shape index (κ3) is 4.81. The van der Waals surface area contributed by atoms with Gasteiger partial charge in [-0.2, -0.15) is 0 Å². The Labute approximate surface area is 212 Å². The van der Waals surface area contributed by atoms with Crippen LogP contribution in [0.15, 0.2) is 69.9 Å². The van der Waals surface area contributed by atoms with Crippen LogP contribution in [0, 0.1) is 0 Å². The first-order chi connectivity index (χ1) is 17.8. The quantitative estimate of drug-likeness (QED) is 0.379. The van der Waals surface area contributed by atoms with Gasteiger partial charge in [0.05, 0.1) is 12.7 Å². The fraction of sp³-hybridized carbons (Fsp3) is 0.214. The fourth-order valence-electron chi connectivity index (χ4n) is 4.52. The summed E-state index contributed by atoms with van der Waals surface area (Å²) in [7, 11) is 1.57. The number of benzene rings is 3. The molecule has 2 heterocycles. The molecule has 9 heteroatoms. The van der Waals surface area contributed by atoms with Gasteiger partial charge in [-0.15, -0.1) is 0 Å². The van der Waals surface area contributed by atoms with Crippen molar-refractivity contribution in [2.45, 2.75) is 6.54 Å². The number of hydrogen-bond donors (Lipinski definition) is 3. The van der Waals surface area contributed by atoms with Crippen molar-refractivity contribution in [1.82, 2.24) is 9.80 Å². The van der Waals surface area contributed by atoms with E-state index in [1.807, 2.05) is 0 Å². The Balaban J connectivity index is 1.39. The molecule has 0 radical (unpaired) electrons. The Hall–Kier alpha value is -4.50. The molecule has 1 fully saturated rings. The third-order valence-corrected chi connectivity index (χ3v) is 6.59. The van der Waals surface area contributed by atoms with Crippen molar-refractivity contribution in [3.63, 3.8) is 0 Å². The molecule has 1 aliphatic rings. The second-order valence-electron chi connectivity index (χ2n) is 8.92. The van der Waals surface area contributed by atoms with E-state index in [0.717, 1.165) is 6.07 Å². The minimum atomic E-state index is -0.446. The van der Waals surface area contributed by atoms with Crippen LogP contribution < -0.4 is 10.2 Å². The number of rotatable bonds is 5. The number of nitrogens with zero attached hydrogens (tertiary/aromatic N) is 2. The van der Waals surface area contributed by atoms with Crippen molar-refractivity contribution in [2.75, 3.05) is 33.3 Å². The zero-order chi connectivity index (χ0) is 26.1. The number of carbonyl (C=O) groups excluding carboxylic acids is 1. The zero-order valence-corrected chi connectivity index (χ0v) is 20.2. The summed E-state index contributed by atoms with van der Waals surface area (Å²) in [5.41, 5.74) is 1.18. The molecule has 9 nitrogen and oxygen atoms in total. The van der Waals surface area contributed by atoms with Gasteiger partial charge in [0.15, 0.2) is 11.0 Å². The molecule has 3 aromatic carbocycles. The molecule has 3 N–H and O–H groups in total. The van der Waals surface area contributed by atoms with Crippen LogP contribution in [0.3, 0.4) is 0 Å². The molecular weight excluding hydrogens is 476 g/mol. The molecule has 0 saturated carbocycles. The molecule has 0 bridgehead atoms. The number of piperazine rings is 1. The van der Waals surface area contributed by atoms with Crippen LogP contribution in [0.2, 0.25) is 0 Å². The summed E-state index contributed by atoms with van der Waals surface area (Å²) in [6.45, 7) is 2.33. The van der Waals surface area contributed by atoms with Gasteiger partial charge in [0.2, 0.25) is 0 Å². The number of carbonyl (C=O) groups is 1. The number of amides is 1. The predicted molar refractivity (Wildman–Crippen MR) is 137 cm³/mol. The van der Waals surface area contributed by atoms with Crippen LogP contribution >= 0.6 is 0 Å². The van der Waals surface area contributed by atoms with Gasteiger partial charge in [-0.25, -0.2) is 0 Å². The minimum absolute atomic E-state index is 0.0105. The maximum Gasteiger partial charge on any atom is 0.253 e. The van der Waals surface area contributed by atoms with Gasteiger partial charge in [-0.3, -0.25) is 14.5 Å². The van der Waals surface area contributed by atoms with Crippen molar-refractivity contribution >= 4 is 16.9 Å². The van der Waals surface area contributed by atoms with Gasteiger partial charge in [0.1, 0.15) is 34.1 Å². The normalized spacial score (nSPS) is 14.1. The summed E-state index contributed by atoms with van der Waals surface area (Å²) in [5, 5.41) is 30.6. The van der Waals surface area contributed by atoms with Crippen molar-refractivity contribution in [1.29, 1.82) is 0 Å². The number of hydrogen-bond acceptors (Lipinski definition) is 8. The third-order valence-electron chi connectivity index (χ3n) is 6.59. The Morgan fingerprint density at radius 2 is 1.59 bits per heavy atom. The van der Waals surface area contributed by atoms with Gasteiger partial charge in [-0.1, -0.05) is 0 Å². The number of aromatic hydroxyl groups is 3. The van der Waals surface area contributed by atoms with Crippen LogP contribution in [0.4, 0.5) is 0 Å². The average molecular weight is 503 g/mol. The van der Waals surface area contributed by atoms with Gasteiger partial charge < -0.3 is 29.4 Å². The zero-order valence-electron chi connectivity index (χ0n) is 20.2. The van der Waals surface area contributed by atoms with E-state index in [9.17, 15) is 24.9 Å². The summed E-state index contributed by atoms with van der Waals surface area (Å²) in [5.74, 6) is 0.392. The molecule has 190 valence electrons. The predicted octanol–water partition coefficient (Wildman–Crippen LogP) is 3.54. The number of phenols is 3. The fourth-order valence-corrected chi connectivity index (χ4v) is 4.52. The second kappa shape index (κ2) is 9.87. The summed E-state index contributed by atoms with van der Waals surface area (Å²) >= 11 is 0. The molecule has 0 unspecified atom stereocenters. The summed E-state index contributed by atoms with van der Waals surface area (Å²) < 4.78 is 11.2. The lowest BCUT2D eigenvalue weighted by Gasteiger charge is -2.35. The monoisotopic (exact) mass is 502 g/mol. The van der Waals surface area contributed by atoms with Crippen LogP contribution in [0.5, 0.6) is 23.0 Å². The average Bonchev–Trinajstić information content (AvgIpc) is 2.91. The summed E-state index contributed by atoms with van der Waals surface area (Å²) in [6.07, 6.45) is 0. The highest BCUT2D eigenvalue weighted by Crippen LogP contribution is 2.36. The van der Waals surface area contributed by atoms with Crippen LogP contribution in [0.1, 0.15) is 15.9 Å².